The second kappa shape index (κ2) is 9.56. The van der Waals surface area contributed by atoms with E-state index in [4.69, 9.17) is 9.47 Å². The molecule has 0 aliphatic rings. The summed E-state index contributed by atoms with van der Waals surface area (Å²) in [6.07, 6.45) is 0. The second-order valence-corrected chi connectivity index (χ2v) is 6.14. The average molecular weight is 372 g/mol. The van der Waals surface area contributed by atoms with Gasteiger partial charge in [-0.25, -0.2) is 4.99 Å². The van der Waals surface area contributed by atoms with Crippen LogP contribution in [-0.2, 0) is 6.54 Å². The highest BCUT2D eigenvalue weighted by molar-refractivity contribution is 9.10. The Morgan fingerprint density at radius 1 is 1.23 bits per heavy atom. The molecular weight excluding hydrogens is 346 g/mol. The number of nitrogens with one attached hydrogen (secondary N) is 2. The Morgan fingerprint density at radius 3 is 2.50 bits per heavy atom. The molecule has 0 radical (unpaired) electrons. The molecule has 22 heavy (non-hydrogen) atoms. The molecule has 5 nitrogen and oxygen atoms in total. The van der Waals surface area contributed by atoms with E-state index in [1.165, 1.54) is 0 Å². The smallest absolute Gasteiger partial charge is 0.191 e. The molecule has 0 saturated carbocycles. The van der Waals surface area contributed by atoms with E-state index < -0.39 is 0 Å². The minimum Gasteiger partial charge on any atom is -0.493 e. The number of guanidine groups is 1. The predicted octanol–water partition coefficient (Wildman–Crippen LogP) is 3.18. The van der Waals surface area contributed by atoms with Crippen LogP contribution < -0.4 is 20.1 Å². The monoisotopic (exact) mass is 371 g/mol. The van der Waals surface area contributed by atoms with Crippen LogP contribution in [0.3, 0.4) is 0 Å². The van der Waals surface area contributed by atoms with Gasteiger partial charge in [-0.05, 0) is 46.5 Å². The SMILES string of the molecule is CCNC(=NCc1cc(Br)c(OC)c(OC)c1)NCC(C)C. The van der Waals surface area contributed by atoms with Gasteiger partial charge < -0.3 is 20.1 Å². The zero-order valence-corrected chi connectivity index (χ0v) is 15.6. The van der Waals surface area contributed by atoms with Gasteiger partial charge in [0, 0.05) is 13.1 Å². The van der Waals surface area contributed by atoms with Gasteiger partial charge in [0.2, 0.25) is 0 Å². The zero-order chi connectivity index (χ0) is 16.5. The highest BCUT2D eigenvalue weighted by Crippen LogP contribution is 2.36. The van der Waals surface area contributed by atoms with Crippen LogP contribution in [0, 0.1) is 5.92 Å². The van der Waals surface area contributed by atoms with Crippen LogP contribution in [0.15, 0.2) is 21.6 Å². The summed E-state index contributed by atoms with van der Waals surface area (Å²) in [7, 11) is 3.26. The molecule has 0 aliphatic carbocycles. The van der Waals surface area contributed by atoms with Gasteiger partial charge >= 0.3 is 0 Å². The summed E-state index contributed by atoms with van der Waals surface area (Å²) < 4.78 is 11.5. The van der Waals surface area contributed by atoms with E-state index in [1.807, 2.05) is 12.1 Å². The van der Waals surface area contributed by atoms with Crippen molar-refractivity contribution in [3.63, 3.8) is 0 Å². The first kappa shape index (κ1) is 18.6. The number of nitrogens with zero attached hydrogens (tertiary/aromatic N) is 1. The van der Waals surface area contributed by atoms with E-state index in [2.05, 4.69) is 52.3 Å². The van der Waals surface area contributed by atoms with E-state index in [-0.39, 0.29) is 0 Å². The number of aliphatic imine (C=N–C) groups is 1. The van der Waals surface area contributed by atoms with E-state index in [0.29, 0.717) is 24.0 Å². The number of hydrogen-bond donors (Lipinski definition) is 2. The average Bonchev–Trinajstić information content (AvgIpc) is 2.49. The fourth-order valence-corrected chi connectivity index (χ4v) is 2.53. The van der Waals surface area contributed by atoms with Gasteiger partial charge in [0.25, 0.3) is 0 Å². The Bertz CT molecular complexity index is 504. The summed E-state index contributed by atoms with van der Waals surface area (Å²) in [5.41, 5.74) is 1.05. The lowest BCUT2D eigenvalue weighted by molar-refractivity contribution is 0.352. The van der Waals surface area contributed by atoms with Crippen molar-refractivity contribution in [3.8, 4) is 11.5 Å². The number of halogens is 1. The minimum absolute atomic E-state index is 0.562. The summed E-state index contributed by atoms with van der Waals surface area (Å²) in [5, 5.41) is 6.57. The molecule has 2 N–H and O–H groups in total. The van der Waals surface area contributed by atoms with Crippen molar-refractivity contribution in [1.29, 1.82) is 0 Å². The van der Waals surface area contributed by atoms with Crippen molar-refractivity contribution in [2.45, 2.75) is 27.3 Å². The van der Waals surface area contributed by atoms with Crippen molar-refractivity contribution >= 4 is 21.9 Å². The van der Waals surface area contributed by atoms with Crippen LogP contribution in [0.4, 0.5) is 0 Å². The van der Waals surface area contributed by atoms with Crippen molar-refractivity contribution < 1.29 is 9.47 Å². The first-order chi connectivity index (χ1) is 10.5. The number of rotatable bonds is 7. The normalized spacial score (nSPS) is 11.5. The highest BCUT2D eigenvalue weighted by Gasteiger charge is 2.10. The molecule has 0 unspecified atom stereocenters. The van der Waals surface area contributed by atoms with Gasteiger partial charge in [-0.1, -0.05) is 13.8 Å². The molecule has 0 spiro atoms. The lowest BCUT2D eigenvalue weighted by Crippen LogP contribution is -2.39. The molecule has 0 aromatic heterocycles. The minimum atomic E-state index is 0.562. The quantitative estimate of drug-likeness (QED) is 0.570. The summed E-state index contributed by atoms with van der Waals surface area (Å²) >= 11 is 3.50. The molecule has 1 aromatic carbocycles. The van der Waals surface area contributed by atoms with Crippen molar-refractivity contribution in [2.75, 3.05) is 27.3 Å². The Labute approximate surface area is 141 Å². The fourth-order valence-electron chi connectivity index (χ4n) is 1.88. The molecule has 1 aromatic rings. The summed E-state index contributed by atoms with van der Waals surface area (Å²) in [6.45, 7) is 8.68. The van der Waals surface area contributed by atoms with Gasteiger partial charge in [0.1, 0.15) is 0 Å². The summed E-state index contributed by atoms with van der Waals surface area (Å²) in [6, 6.07) is 3.94. The molecule has 6 heteroatoms. The van der Waals surface area contributed by atoms with Gasteiger partial charge in [-0.2, -0.15) is 0 Å². The Hall–Kier alpha value is -1.43. The molecule has 0 heterocycles. The predicted molar refractivity (Wildman–Crippen MR) is 94.9 cm³/mol. The van der Waals surface area contributed by atoms with Crippen LogP contribution in [0.1, 0.15) is 26.3 Å². The second-order valence-electron chi connectivity index (χ2n) is 5.28. The van der Waals surface area contributed by atoms with Gasteiger partial charge in [-0.3, -0.25) is 0 Å². The molecule has 1 rings (SSSR count). The van der Waals surface area contributed by atoms with Gasteiger partial charge in [-0.15, -0.1) is 0 Å². The van der Waals surface area contributed by atoms with Crippen molar-refractivity contribution in [2.24, 2.45) is 10.9 Å². The molecule has 0 amide bonds. The molecule has 0 saturated heterocycles. The maximum absolute atomic E-state index is 5.36. The van der Waals surface area contributed by atoms with E-state index >= 15 is 0 Å². The molecule has 0 atom stereocenters. The standard InChI is InChI=1S/C16H26BrN3O2/c1-6-18-16(19-9-11(2)3)20-10-12-7-13(17)15(22-5)14(8-12)21-4/h7-8,11H,6,9-10H2,1-5H3,(H2,18,19,20). The summed E-state index contributed by atoms with van der Waals surface area (Å²) in [5.74, 6) is 2.78. The number of benzene rings is 1. The third kappa shape index (κ3) is 5.75. The Balaban J connectivity index is 2.87. The number of ether oxygens (including phenoxy) is 2. The largest absolute Gasteiger partial charge is 0.493 e. The van der Waals surface area contributed by atoms with Crippen LogP contribution in [0.5, 0.6) is 11.5 Å². The summed E-state index contributed by atoms with van der Waals surface area (Å²) in [4.78, 5) is 4.60. The first-order valence-electron chi connectivity index (χ1n) is 7.44. The highest BCUT2D eigenvalue weighted by atomic mass is 79.9. The maximum Gasteiger partial charge on any atom is 0.191 e. The Morgan fingerprint density at radius 2 is 1.95 bits per heavy atom. The molecular formula is C16H26BrN3O2. The van der Waals surface area contributed by atoms with Crippen LogP contribution in [0.25, 0.3) is 0 Å². The zero-order valence-electron chi connectivity index (χ0n) is 14.0. The molecule has 0 fully saturated rings. The van der Waals surface area contributed by atoms with E-state index in [1.54, 1.807) is 14.2 Å². The topological polar surface area (TPSA) is 54.9 Å². The first-order valence-corrected chi connectivity index (χ1v) is 8.23. The van der Waals surface area contributed by atoms with Crippen LogP contribution >= 0.6 is 15.9 Å². The molecule has 0 bridgehead atoms. The van der Waals surface area contributed by atoms with Crippen LogP contribution in [0.2, 0.25) is 0 Å². The third-order valence-electron chi connectivity index (χ3n) is 2.94. The number of hydrogen-bond acceptors (Lipinski definition) is 3. The lowest BCUT2D eigenvalue weighted by Gasteiger charge is -2.14. The molecule has 0 aliphatic heterocycles. The van der Waals surface area contributed by atoms with E-state index in [0.717, 1.165) is 29.1 Å². The van der Waals surface area contributed by atoms with Crippen molar-refractivity contribution in [3.05, 3.63) is 22.2 Å². The van der Waals surface area contributed by atoms with Gasteiger partial charge in [0.05, 0.1) is 25.2 Å². The Kier molecular flexibility index (Phi) is 8.09. The number of methoxy groups -OCH3 is 2. The fraction of sp³-hybridized carbons (Fsp3) is 0.562. The van der Waals surface area contributed by atoms with E-state index in [9.17, 15) is 0 Å². The van der Waals surface area contributed by atoms with Crippen molar-refractivity contribution in [1.82, 2.24) is 10.6 Å². The van der Waals surface area contributed by atoms with Gasteiger partial charge in [0.15, 0.2) is 17.5 Å². The maximum atomic E-state index is 5.36. The molecule has 124 valence electrons. The third-order valence-corrected chi connectivity index (χ3v) is 3.52. The van der Waals surface area contributed by atoms with Crippen LogP contribution in [-0.4, -0.2) is 33.3 Å². The lowest BCUT2D eigenvalue weighted by atomic mass is 10.2.